The fraction of sp³-hybridized carbons (Fsp3) is 0.172. The summed E-state index contributed by atoms with van der Waals surface area (Å²) in [4.78, 5) is 26.8. The molecule has 1 aliphatic heterocycles. The number of rotatable bonds is 6. The molecule has 1 fully saturated rings. The van der Waals surface area contributed by atoms with E-state index in [1.807, 2.05) is 53.1 Å². The first-order valence-corrected chi connectivity index (χ1v) is 12.5. The van der Waals surface area contributed by atoms with E-state index in [9.17, 15) is 9.18 Å². The number of para-hydroxylation sites is 1. The number of nitrogens with one attached hydrogen (secondary N) is 2. The number of aromatic nitrogens is 4. The predicted octanol–water partition coefficient (Wildman–Crippen LogP) is 6.33. The molecule has 1 aliphatic rings. The topological polar surface area (TPSA) is 94.0 Å². The van der Waals surface area contributed by atoms with Crippen LogP contribution in [-0.4, -0.2) is 32.0 Å². The number of hydrogen-bond donors (Lipinski definition) is 2. The maximum atomic E-state index is 14.2. The Morgan fingerprint density at radius 3 is 2.58 bits per heavy atom. The van der Waals surface area contributed by atoms with E-state index in [2.05, 4.69) is 20.6 Å². The SMILES string of the molecule is O=C(Nc1cccc(-c2nc3c(Nc4ccccc4)ncnc3n2C2CCCCO2)c1)c1ccccc1F. The third-order valence-electron chi connectivity index (χ3n) is 6.45. The lowest BCUT2D eigenvalue weighted by atomic mass is 10.1. The highest BCUT2D eigenvalue weighted by atomic mass is 19.1. The van der Waals surface area contributed by atoms with Gasteiger partial charge in [-0.3, -0.25) is 9.36 Å². The van der Waals surface area contributed by atoms with Crippen LogP contribution in [0.15, 0.2) is 85.2 Å². The molecule has 38 heavy (non-hydrogen) atoms. The van der Waals surface area contributed by atoms with Gasteiger partial charge in [-0.25, -0.2) is 19.3 Å². The summed E-state index contributed by atoms with van der Waals surface area (Å²) in [6.45, 7) is 0.655. The number of halogens is 1. The number of fused-ring (bicyclic) bond motifs is 1. The van der Waals surface area contributed by atoms with Gasteiger partial charge in [0, 0.05) is 23.5 Å². The molecule has 3 heterocycles. The standard InChI is InChI=1S/C29H25FN6O2/c30-23-14-5-4-13-22(23)29(37)34-21-12-8-9-19(17-21)27-35-25-26(33-20-10-2-1-3-11-20)31-18-32-28(25)36(27)24-15-6-7-16-38-24/h1-5,8-14,17-18,24H,6-7,15-16H2,(H,34,37)(H,31,32,33). The third-order valence-corrected chi connectivity index (χ3v) is 6.45. The zero-order valence-corrected chi connectivity index (χ0v) is 20.5. The van der Waals surface area contributed by atoms with Crippen LogP contribution < -0.4 is 10.6 Å². The maximum absolute atomic E-state index is 14.2. The van der Waals surface area contributed by atoms with E-state index in [-0.39, 0.29) is 11.8 Å². The molecular weight excluding hydrogens is 483 g/mol. The van der Waals surface area contributed by atoms with Gasteiger partial charge in [-0.15, -0.1) is 0 Å². The van der Waals surface area contributed by atoms with Crippen LogP contribution in [0.3, 0.4) is 0 Å². The molecular formula is C29H25FN6O2. The van der Waals surface area contributed by atoms with Crippen molar-refractivity contribution in [2.45, 2.75) is 25.5 Å². The lowest BCUT2D eigenvalue weighted by Gasteiger charge is -2.25. The van der Waals surface area contributed by atoms with E-state index < -0.39 is 11.7 Å². The Labute approximate surface area is 218 Å². The van der Waals surface area contributed by atoms with E-state index in [1.54, 1.807) is 18.2 Å². The van der Waals surface area contributed by atoms with E-state index in [4.69, 9.17) is 9.72 Å². The van der Waals surface area contributed by atoms with Gasteiger partial charge in [0.25, 0.3) is 5.91 Å². The molecule has 3 aromatic carbocycles. The summed E-state index contributed by atoms with van der Waals surface area (Å²) in [6.07, 6.45) is 4.14. The van der Waals surface area contributed by atoms with Crippen LogP contribution in [0.5, 0.6) is 0 Å². The van der Waals surface area contributed by atoms with E-state index in [1.165, 1.54) is 18.5 Å². The molecule has 8 nitrogen and oxygen atoms in total. The van der Waals surface area contributed by atoms with Gasteiger partial charge < -0.3 is 15.4 Å². The zero-order chi connectivity index (χ0) is 25.9. The van der Waals surface area contributed by atoms with Crippen molar-refractivity contribution >= 4 is 34.3 Å². The number of hydrogen-bond acceptors (Lipinski definition) is 6. The normalized spacial score (nSPS) is 15.3. The predicted molar refractivity (Wildman–Crippen MR) is 144 cm³/mol. The van der Waals surface area contributed by atoms with E-state index in [0.29, 0.717) is 35.1 Å². The number of carbonyl (C=O) groups excluding carboxylic acids is 1. The van der Waals surface area contributed by atoms with Crippen molar-refractivity contribution in [3.05, 3.63) is 96.6 Å². The van der Waals surface area contributed by atoms with Crippen LogP contribution in [0.2, 0.25) is 0 Å². The summed E-state index contributed by atoms with van der Waals surface area (Å²) in [6, 6.07) is 23.0. The van der Waals surface area contributed by atoms with Crippen LogP contribution in [0.25, 0.3) is 22.6 Å². The van der Waals surface area contributed by atoms with Gasteiger partial charge in [0.1, 0.15) is 24.2 Å². The number of benzene rings is 3. The molecule has 0 saturated carbocycles. The van der Waals surface area contributed by atoms with Gasteiger partial charge in [-0.1, -0.05) is 42.5 Å². The third kappa shape index (κ3) is 4.71. The second-order valence-electron chi connectivity index (χ2n) is 9.03. The molecule has 9 heteroatoms. The van der Waals surface area contributed by atoms with Gasteiger partial charge in [-0.2, -0.15) is 0 Å². The van der Waals surface area contributed by atoms with Crippen LogP contribution in [0.1, 0.15) is 35.8 Å². The number of anilines is 3. The number of carbonyl (C=O) groups is 1. The lowest BCUT2D eigenvalue weighted by molar-refractivity contribution is -0.0287. The van der Waals surface area contributed by atoms with Crippen molar-refractivity contribution in [1.29, 1.82) is 0 Å². The summed E-state index contributed by atoms with van der Waals surface area (Å²) in [5.41, 5.74) is 3.41. The minimum absolute atomic E-state index is 0.0207. The first-order valence-electron chi connectivity index (χ1n) is 12.5. The molecule has 5 aromatic rings. The Balaban J connectivity index is 1.42. The van der Waals surface area contributed by atoms with Gasteiger partial charge in [0.2, 0.25) is 0 Å². The monoisotopic (exact) mass is 508 g/mol. The summed E-state index contributed by atoms with van der Waals surface area (Å²) >= 11 is 0. The largest absolute Gasteiger partial charge is 0.358 e. The van der Waals surface area contributed by atoms with Crippen molar-refractivity contribution in [2.24, 2.45) is 0 Å². The molecule has 2 N–H and O–H groups in total. The molecule has 0 spiro atoms. The minimum Gasteiger partial charge on any atom is -0.358 e. The summed E-state index contributed by atoms with van der Waals surface area (Å²) in [5.74, 6) is 0.130. The van der Waals surface area contributed by atoms with Crippen molar-refractivity contribution in [3.63, 3.8) is 0 Å². The van der Waals surface area contributed by atoms with E-state index in [0.717, 1.165) is 30.5 Å². The Hall–Kier alpha value is -4.63. The average Bonchev–Trinajstić information content (AvgIpc) is 3.35. The highest BCUT2D eigenvalue weighted by molar-refractivity contribution is 6.04. The Kier molecular flexibility index (Phi) is 6.49. The van der Waals surface area contributed by atoms with Gasteiger partial charge >= 0.3 is 0 Å². The van der Waals surface area contributed by atoms with Crippen LogP contribution in [-0.2, 0) is 4.74 Å². The molecule has 1 unspecified atom stereocenters. The molecule has 1 atom stereocenters. The van der Waals surface area contributed by atoms with Gasteiger partial charge in [0.05, 0.1) is 5.56 Å². The summed E-state index contributed by atoms with van der Waals surface area (Å²) < 4.78 is 22.3. The number of nitrogens with zero attached hydrogens (tertiary/aromatic N) is 4. The number of ether oxygens (including phenoxy) is 1. The van der Waals surface area contributed by atoms with Crippen molar-refractivity contribution in [2.75, 3.05) is 17.2 Å². The molecule has 0 aliphatic carbocycles. The average molecular weight is 509 g/mol. The maximum Gasteiger partial charge on any atom is 0.258 e. The number of imidazole rings is 1. The highest BCUT2D eigenvalue weighted by Crippen LogP contribution is 2.35. The molecule has 190 valence electrons. The quantitative estimate of drug-likeness (QED) is 0.278. The fourth-order valence-corrected chi connectivity index (χ4v) is 4.64. The minimum atomic E-state index is -0.575. The Morgan fingerprint density at radius 1 is 0.947 bits per heavy atom. The van der Waals surface area contributed by atoms with Crippen molar-refractivity contribution in [1.82, 2.24) is 19.5 Å². The van der Waals surface area contributed by atoms with Crippen LogP contribution in [0.4, 0.5) is 21.6 Å². The summed E-state index contributed by atoms with van der Waals surface area (Å²) in [5, 5.41) is 6.14. The molecule has 0 radical (unpaired) electrons. The Morgan fingerprint density at radius 2 is 1.76 bits per heavy atom. The lowest BCUT2D eigenvalue weighted by Crippen LogP contribution is -2.19. The fourth-order valence-electron chi connectivity index (χ4n) is 4.64. The first-order chi connectivity index (χ1) is 18.7. The summed E-state index contributed by atoms with van der Waals surface area (Å²) in [7, 11) is 0. The smallest absolute Gasteiger partial charge is 0.258 e. The second kappa shape index (κ2) is 10.4. The molecule has 0 bridgehead atoms. The second-order valence-corrected chi connectivity index (χ2v) is 9.03. The van der Waals surface area contributed by atoms with Gasteiger partial charge in [0.15, 0.2) is 17.0 Å². The zero-order valence-electron chi connectivity index (χ0n) is 20.5. The van der Waals surface area contributed by atoms with E-state index >= 15 is 0 Å². The molecule has 1 saturated heterocycles. The highest BCUT2D eigenvalue weighted by Gasteiger charge is 2.25. The molecule has 6 rings (SSSR count). The van der Waals surface area contributed by atoms with Gasteiger partial charge in [-0.05, 0) is 55.7 Å². The first kappa shape index (κ1) is 23.7. The molecule has 1 amide bonds. The number of amides is 1. The van der Waals surface area contributed by atoms with Crippen LogP contribution in [0, 0.1) is 5.82 Å². The Bertz CT molecular complexity index is 1600. The van der Waals surface area contributed by atoms with Crippen molar-refractivity contribution in [3.8, 4) is 11.4 Å². The van der Waals surface area contributed by atoms with Crippen molar-refractivity contribution < 1.29 is 13.9 Å². The van der Waals surface area contributed by atoms with Crippen LogP contribution >= 0.6 is 0 Å². The molecule has 2 aromatic heterocycles.